The largest absolute Gasteiger partial charge is 0.429 e. The van der Waals surface area contributed by atoms with Crippen molar-refractivity contribution in [3.63, 3.8) is 0 Å². The molecule has 0 unspecified atom stereocenters. The van der Waals surface area contributed by atoms with E-state index in [1.54, 1.807) is 0 Å². The molecule has 0 aliphatic carbocycles. The molecular formula is C4H2I2O3. The number of carbonyl (C=O) groups is 1. The molecule has 0 aromatic carbocycles. The van der Waals surface area contributed by atoms with Crippen molar-refractivity contribution in [1.82, 2.24) is 0 Å². The van der Waals surface area contributed by atoms with Gasteiger partial charge in [0.2, 0.25) is 5.76 Å². The Morgan fingerprint density at radius 2 is 2.00 bits per heavy atom. The highest BCUT2D eigenvalue weighted by Crippen LogP contribution is 2.38. The molecule has 1 fully saturated rings. The summed E-state index contributed by atoms with van der Waals surface area (Å²) in [5, 5.41) is 0. The van der Waals surface area contributed by atoms with Crippen LogP contribution >= 0.6 is 45.2 Å². The van der Waals surface area contributed by atoms with E-state index in [9.17, 15) is 4.79 Å². The second-order valence-electron chi connectivity index (χ2n) is 1.38. The molecule has 1 saturated heterocycles. The Kier molecular flexibility index (Phi) is 1.90. The highest BCUT2D eigenvalue weighted by atomic mass is 127. The molecule has 0 atom stereocenters. The van der Waals surface area contributed by atoms with Gasteiger partial charge in [-0.25, -0.2) is 4.79 Å². The molecule has 1 heterocycles. The summed E-state index contributed by atoms with van der Waals surface area (Å²) < 4.78 is 8.67. The first-order valence-corrected chi connectivity index (χ1v) is 4.16. The molecule has 1 aliphatic rings. The van der Waals surface area contributed by atoms with Crippen LogP contribution in [0.5, 0.6) is 0 Å². The van der Waals surface area contributed by atoms with Crippen molar-refractivity contribution in [3.05, 3.63) is 12.3 Å². The van der Waals surface area contributed by atoms with Crippen LogP contribution in [0.1, 0.15) is 0 Å². The maximum Gasteiger partial charge on any atom is 0.377 e. The van der Waals surface area contributed by atoms with Gasteiger partial charge in [-0.05, 0) is 6.58 Å². The van der Waals surface area contributed by atoms with Gasteiger partial charge in [-0.15, -0.1) is 0 Å². The minimum atomic E-state index is -0.871. The number of rotatable bonds is 0. The topological polar surface area (TPSA) is 35.5 Å². The summed E-state index contributed by atoms with van der Waals surface area (Å²) in [6.07, 6.45) is 0. The predicted octanol–water partition coefficient (Wildman–Crippen LogP) is 1.55. The molecule has 5 heteroatoms. The maximum absolute atomic E-state index is 10.5. The molecule has 0 N–H and O–H groups in total. The number of carbonyl (C=O) groups excluding carboxylic acids is 1. The molecule has 9 heavy (non-hydrogen) atoms. The fraction of sp³-hybridized carbons (Fsp3) is 0.250. The minimum Gasteiger partial charge on any atom is -0.429 e. The average molecular weight is 352 g/mol. The summed E-state index contributed by atoms with van der Waals surface area (Å²) in [6.45, 7) is 3.32. The molecule has 0 radical (unpaired) electrons. The minimum absolute atomic E-state index is 0.0683. The Morgan fingerprint density at radius 3 is 2.11 bits per heavy atom. The summed E-state index contributed by atoms with van der Waals surface area (Å²) in [6, 6.07) is 0. The van der Waals surface area contributed by atoms with Gasteiger partial charge in [0.1, 0.15) is 0 Å². The highest BCUT2D eigenvalue weighted by Gasteiger charge is 2.39. The maximum atomic E-state index is 10.5. The fourth-order valence-electron chi connectivity index (χ4n) is 0.371. The zero-order valence-corrected chi connectivity index (χ0v) is 8.50. The van der Waals surface area contributed by atoms with Crippen LogP contribution in [0, 0.1) is 0 Å². The molecule has 0 bridgehead atoms. The number of ether oxygens (including phenoxy) is 2. The highest BCUT2D eigenvalue weighted by molar-refractivity contribution is 14.2. The van der Waals surface area contributed by atoms with Crippen molar-refractivity contribution in [2.24, 2.45) is 0 Å². The lowest BCUT2D eigenvalue weighted by Crippen LogP contribution is -2.09. The zero-order valence-electron chi connectivity index (χ0n) is 4.19. The van der Waals surface area contributed by atoms with E-state index in [1.165, 1.54) is 0 Å². The lowest BCUT2D eigenvalue weighted by atomic mass is 10.6. The number of esters is 1. The molecule has 1 aliphatic heterocycles. The summed E-state index contributed by atoms with van der Waals surface area (Å²) >= 11 is 3.71. The Labute approximate surface area is 79.1 Å². The SMILES string of the molecule is C=C1OC(I)(I)OC1=O. The summed E-state index contributed by atoms with van der Waals surface area (Å²) in [5.41, 5.74) is 0. The summed E-state index contributed by atoms with van der Waals surface area (Å²) in [5.74, 6) is -0.419. The number of hydrogen-bond donors (Lipinski definition) is 0. The first kappa shape index (κ1) is 7.58. The van der Waals surface area contributed by atoms with Crippen molar-refractivity contribution in [1.29, 1.82) is 0 Å². The lowest BCUT2D eigenvalue weighted by molar-refractivity contribution is -0.137. The number of halogens is 2. The average Bonchev–Trinajstić information content (AvgIpc) is 1.79. The fourth-order valence-corrected chi connectivity index (χ4v) is 1.30. The first-order chi connectivity index (χ1) is 4.01. The van der Waals surface area contributed by atoms with Gasteiger partial charge in [-0.2, -0.15) is 0 Å². The van der Waals surface area contributed by atoms with Crippen LogP contribution in [0.4, 0.5) is 0 Å². The van der Waals surface area contributed by atoms with Gasteiger partial charge in [0.05, 0.1) is 0 Å². The smallest absolute Gasteiger partial charge is 0.377 e. The number of cyclic esters (lactones) is 1. The van der Waals surface area contributed by atoms with Crippen LogP contribution in [-0.4, -0.2) is 7.77 Å². The quantitative estimate of drug-likeness (QED) is 0.287. The van der Waals surface area contributed by atoms with Crippen molar-refractivity contribution >= 4 is 51.2 Å². The third-order valence-electron chi connectivity index (χ3n) is 0.681. The molecule has 50 valence electrons. The van der Waals surface area contributed by atoms with Crippen LogP contribution in [0.3, 0.4) is 0 Å². The van der Waals surface area contributed by atoms with Gasteiger partial charge in [0.15, 0.2) is 0 Å². The Balaban J connectivity index is 2.76. The summed E-state index contributed by atoms with van der Waals surface area (Å²) in [4.78, 5) is 10.5. The molecule has 3 nitrogen and oxygen atoms in total. The van der Waals surface area contributed by atoms with Gasteiger partial charge < -0.3 is 9.47 Å². The molecule has 0 spiro atoms. The van der Waals surface area contributed by atoms with Crippen LogP contribution in [0.2, 0.25) is 0 Å². The standard InChI is InChI=1S/C4H2I2O3/c1-2-3(7)9-4(5,6)8-2/h1H2. The van der Waals surface area contributed by atoms with E-state index in [2.05, 4.69) is 11.3 Å². The van der Waals surface area contributed by atoms with E-state index in [1.807, 2.05) is 45.2 Å². The number of alkyl halides is 2. The zero-order chi connectivity index (χ0) is 7.07. The van der Waals surface area contributed by atoms with Gasteiger partial charge in [0, 0.05) is 45.2 Å². The molecular weight excluding hydrogens is 350 g/mol. The molecule has 1 rings (SSSR count). The van der Waals surface area contributed by atoms with E-state index in [-0.39, 0.29) is 5.76 Å². The van der Waals surface area contributed by atoms with E-state index in [0.29, 0.717) is 0 Å². The third-order valence-corrected chi connectivity index (χ3v) is 1.56. The molecule has 0 aromatic rings. The normalized spacial score (nSPS) is 23.3. The van der Waals surface area contributed by atoms with E-state index in [4.69, 9.17) is 4.74 Å². The second-order valence-corrected chi connectivity index (χ2v) is 6.28. The van der Waals surface area contributed by atoms with Crippen molar-refractivity contribution < 1.29 is 14.3 Å². The molecule has 0 saturated carbocycles. The van der Waals surface area contributed by atoms with Crippen LogP contribution in [0.25, 0.3) is 0 Å². The van der Waals surface area contributed by atoms with E-state index >= 15 is 0 Å². The van der Waals surface area contributed by atoms with Gasteiger partial charge in [-0.3, -0.25) is 0 Å². The van der Waals surface area contributed by atoms with Crippen molar-refractivity contribution in [3.8, 4) is 0 Å². The van der Waals surface area contributed by atoms with E-state index in [0.717, 1.165) is 0 Å². The first-order valence-electron chi connectivity index (χ1n) is 2.00. The van der Waals surface area contributed by atoms with Crippen molar-refractivity contribution in [2.45, 2.75) is 1.80 Å². The van der Waals surface area contributed by atoms with Gasteiger partial charge in [-0.1, -0.05) is 0 Å². The van der Waals surface area contributed by atoms with Gasteiger partial charge >= 0.3 is 7.77 Å². The van der Waals surface area contributed by atoms with Gasteiger partial charge in [0.25, 0.3) is 0 Å². The van der Waals surface area contributed by atoms with Crippen LogP contribution in [0.15, 0.2) is 12.3 Å². The van der Waals surface area contributed by atoms with Crippen LogP contribution < -0.4 is 0 Å². The third kappa shape index (κ3) is 1.69. The second kappa shape index (κ2) is 2.26. The molecule has 0 aromatic heterocycles. The number of hydrogen-bond acceptors (Lipinski definition) is 3. The Hall–Kier alpha value is 0.470. The summed E-state index contributed by atoms with van der Waals surface area (Å²) in [7, 11) is 0. The molecule has 0 amide bonds. The van der Waals surface area contributed by atoms with E-state index < -0.39 is 7.77 Å². The monoisotopic (exact) mass is 352 g/mol. The predicted molar refractivity (Wildman–Crippen MR) is 47.1 cm³/mol. The van der Waals surface area contributed by atoms with Crippen molar-refractivity contribution in [2.75, 3.05) is 0 Å². The van der Waals surface area contributed by atoms with Crippen LogP contribution in [-0.2, 0) is 14.3 Å². The Bertz CT molecular complexity index is 157. The lowest BCUT2D eigenvalue weighted by Gasteiger charge is -2.08. The Morgan fingerprint density at radius 1 is 1.44 bits per heavy atom.